The van der Waals surface area contributed by atoms with E-state index in [1.165, 1.54) is 0 Å². The summed E-state index contributed by atoms with van der Waals surface area (Å²) in [6.45, 7) is 8.96. The number of amides is 1. The molecule has 0 saturated heterocycles. The normalized spacial score (nSPS) is 11.2. The van der Waals surface area contributed by atoms with Crippen molar-refractivity contribution in [1.29, 1.82) is 0 Å². The molecule has 1 amide bonds. The Morgan fingerprint density at radius 3 is 2.61 bits per heavy atom. The van der Waals surface area contributed by atoms with Crippen molar-refractivity contribution in [3.8, 4) is 0 Å². The number of rotatable bonds is 4. The molecule has 0 aromatic carbocycles. The van der Waals surface area contributed by atoms with Crippen LogP contribution < -0.4 is 10.6 Å². The predicted molar refractivity (Wildman–Crippen MR) is 77.6 cm³/mol. The van der Waals surface area contributed by atoms with Crippen molar-refractivity contribution in [2.75, 3.05) is 18.4 Å². The Kier molecular flexibility index (Phi) is 5.14. The van der Waals surface area contributed by atoms with Crippen molar-refractivity contribution in [3.05, 3.63) is 22.3 Å². The van der Waals surface area contributed by atoms with Gasteiger partial charge in [-0.25, -0.2) is 4.98 Å². The first kappa shape index (κ1) is 15.0. The fraction of sp³-hybridized carbons (Fsp3) is 0.538. The average Bonchev–Trinajstić information content (AvgIpc) is 2.27. The molecule has 0 saturated carbocycles. The lowest BCUT2D eigenvalue weighted by atomic mass is 9.96. The third-order valence-corrected chi connectivity index (χ3v) is 3.27. The summed E-state index contributed by atoms with van der Waals surface area (Å²) in [6.07, 6.45) is 1.77. The number of anilines is 1. The van der Waals surface area contributed by atoms with Gasteiger partial charge in [0.2, 0.25) is 5.91 Å². The lowest BCUT2D eigenvalue weighted by Gasteiger charge is -2.17. The molecule has 1 heterocycles. The maximum absolute atomic E-state index is 11.6. The Balaban J connectivity index is 2.34. The maximum atomic E-state index is 11.6. The fourth-order valence-corrected chi connectivity index (χ4v) is 1.48. The van der Waals surface area contributed by atoms with Crippen LogP contribution >= 0.6 is 15.9 Å². The summed E-state index contributed by atoms with van der Waals surface area (Å²) in [5.41, 5.74) is 0.790. The summed E-state index contributed by atoms with van der Waals surface area (Å²) in [5, 5.41) is 6.05. The van der Waals surface area contributed by atoms with Crippen LogP contribution in [0, 0.1) is 12.3 Å². The van der Waals surface area contributed by atoms with Gasteiger partial charge in [0.1, 0.15) is 5.82 Å². The predicted octanol–water partition coefficient (Wildman–Crippen LogP) is 2.73. The van der Waals surface area contributed by atoms with Crippen molar-refractivity contribution in [2.45, 2.75) is 27.7 Å². The molecule has 100 valence electrons. The van der Waals surface area contributed by atoms with Gasteiger partial charge in [-0.15, -0.1) is 0 Å². The van der Waals surface area contributed by atoms with Gasteiger partial charge in [0, 0.05) is 29.2 Å². The van der Waals surface area contributed by atoms with Gasteiger partial charge < -0.3 is 10.6 Å². The first-order valence-electron chi connectivity index (χ1n) is 5.95. The van der Waals surface area contributed by atoms with E-state index in [0.717, 1.165) is 15.9 Å². The molecule has 0 bridgehead atoms. The minimum absolute atomic E-state index is 0.0595. The molecule has 5 heteroatoms. The van der Waals surface area contributed by atoms with Gasteiger partial charge in [0.15, 0.2) is 0 Å². The molecule has 0 radical (unpaired) electrons. The molecule has 18 heavy (non-hydrogen) atoms. The quantitative estimate of drug-likeness (QED) is 0.840. The summed E-state index contributed by atoms with van der Waals surface area (Å²) in [7, 11) is 0. The summed E-state index contributed by atoms with van der Waals surface area (Å²) >= 11 is 3.40. The highest BCUT2D eigenvalue weighted by Crippen LogP contribution is 2.17. The van der Waals surface area contributed by atoms with Crippen LogP contribution in [0.4, 0.5) is 5.82 Å². The third-order valence-electron chi connectivity index (χ3n) is 2.44. The molecular formula is C13H20BrN3O. The molecule has 0 fully saturated rings. The van der Waals surface area contributed by atoms with Crippen LogP contribution in [-0.4, -0.2) is 24.0 Å². The zero-order valence-corrected chi connectivity index (χ0v) is 12.9. The highest BCUT2D eigenvalue weighted by Gasteiger charge is 2.20. The zero-order valence-electron chi connectivity index (χ0n) is 11.3. The van der Waals surface area contributed by atoms with E-state index in [2.05, 4.69) is 31.5 Å². The molecule has 0 aliphatic carbocycles. The van der Waals surface area contributed by atoms with Crippen molar-refractivity contribution < 1.29 is 4.79 Å². The number of aromatic nitrogens is 1. The standard InChI is InChI=1S/C13H20BrN3O/c1-9-7-11(17-8-10(9)14)15-5-6-16-12(18)13(2,3)4/h7-8H,5-6H2,1-4H3,(H,15,17)(H,16,18). The van der Waals surface area contributed by atoms with E-state index in [0.29, 0.717) is 13.1 Å². The van der Waals surface area contributed by atoms with Crippen LogP contribution in [0.5, 0.6) is 0 Å². The molecule has 0 atom stereocenters. The highest BCUT2D eigenvalue weighted by atomic mass is 79.9. The van der Waals surface area contributed by atoms with Crippen LogP contribution in [0.1, 0.15) is 26.3 Å². The average molecular weight is 314 g/mol. The zero-order chi connectivity index (χ0) is 13.8. The second-order valence-electron chi connectivity index (χ2n) is 5.25. The van der Waals surface area contributed by atoms with E-state index >= 15 is 0 Å². The van der Waals surface area contributed by atoms with Crippen molar-refractivity contribution in [1.82, 2.24) is 10.3 Å². The molecular weight excluding hydrogens is 294 g/mol. The van der Waals surface area contributed by atoms with Gasteiger partial charge in [-0.05, 0) is 34.5 Å². The maximum Gasteiger partial charge on any atom is 0.225 e. The summed E-state index contributed by atoms with van der Waals surface area (Å²) < 4.78 is 0.995. The van der Waals surface area contributed by atoms with E-state index in [1.807, 2.05) is 33.8 Å². The van der Waals surface area contributed by atoms with Gasteiger partial charge >= 0.3 is 0 Å². The van der Waals surface area contributed by atoms with E-state index in [4.69, 9.17) is 0 Å². The number of carbonyl (C=O) groups is 1. The number of aryl methyl sites for hydroxylation is 1. The number of nitrogens with zero attached hydrogens (tertiary/aromatic N) is 1. The van der Waals surface area contributed by atoms with Gasteiger partial charge in [-0.3, -0.25) is 4.79 Å². The number of hydrogen-bond donors (Lipinski definition) is 2. The number of halogens is 1. The lowest BCUT2D eigenvalue weighted by Crippen LogP contribution is -2.37. The summed E-state index contributed by atoms with van der Waals surface area (Å²) in [6, 6.07) is 1.97. The number of nitrogens with one attached hydrogen (secondary N) is 2. The number of hydrogen-bond acceptors (Lipinski definition) is 3. The van der Waals surface area contributed by atoms with Crippen LogP contribution in [0.15, 0.2) is 16.7 Å². The second-order valence-corrected chi connectivity index (χ2v) is 6.11. The van der Waals surface area contributed by atoms with Crippen LogP contribution in [0.3, 0.4) is 0 Å². The molecule has 1 aromatic rings. The Morgan fingerprint density at radius 1 is 1.39 bits per heavy atom. The van der Waals surface area contributed by atoms with Crippen molar-refractivity contribution in [3.63, 3.8) is 0 Å². The molecule has 1 aromatic heterocycles. The van der Waals surface area contributed by atoms with Crippen molar-refractivity contribution in [2.24, 2.45) is 5.41 Å². The van der Waals surface area contributed by atoms with E-state index in [1.54, 1.807) is 6.20 Å². The van der Waals surface area contributed by atoms with E-state index in [-0.39, 0.29) is 11.3 Å². The van der Waals surface area contributed by atoms with Gasteiger partial charge in [-0.2, -0.15) is 0 Å². The van der Waals surface area contributed by atoms with Crippen LogP contribution in [0.25, 0.3) is 0 Å². The first-order valence-corrected chi connectivity index (χ1v) is 6.74. The minimum Gasteiger partial charge on any atom is -0.368 e. The molecule has 0 spiro atoms. The SMILES string of the molecule is Cc1cc(NCCNC(=O)C(C)(C)C)ncc1Br. The van der Waals surface area contributed by atoms with Crippen LogP contribution in [-0.2, 0) is 4.79 Å². The van der Waals surface area contributed by atoms with Gasteiger partial charge in [0.25, 0.3) is 0 Å². The monoisotopic (exact) mass is 313 g/mol. The molecule has 4 nitrogen and oxygen atoms in total. The Morgan fingerprint density at radius 2 is 2.06 bits per heavy atom. The van der Waals surface area contributed by atoms with Crippen molar-refractivity contribution >= 4 is 27.7 Å². The number of carbonyl (C=O) groups excluding carboxylic acids is 1. The topological polar surface area (TPSA) is 54.0 Å². The molecule has 2 N–H and O–H groups in total. The lowest BCUT2D eigenvalue weighted by molar-refractivity contribution is -0.128. The molecule has 0 aliphatic rings. The Bertz CT molecular complexity index is 427. The number of pyridine rings is 1. The highest BCUT2D eigenvalue weighted by molar-refractivity contribution is 9.10. The summed E-state index contributed by atoms with van der Waals surface area (Å²) in [4.78, 5) is 15.8. The van der Waals surface area contributed by atoms with E-state index < -0.39 is 0 Å². The fourth-order valence-electron chi connectivity index (χ4n) is 1.27. The second kappa shape index (κ2) is 6.18. The molecule has 0 aliphatic heterocycles. The smallest absolute Gasteiger partial charge is 0.225 e. The summed E-state index contributed by atoms with van der Waals surface area (Å²) in [5.74, 6) is 0.880. The first-order chi connectivity index (χ1) is 8.30. The third kappa shape index (κ3) is 4.64. The molecule has 1 rings (SSSR count). The largest absolute Gasteiger partial charge is 0.368 e. The molecule has 0 unspecified atom stereocenters. The van der Waals surface area contributed by atoms with E-state index in [9.17, 15) is 4.79 Å². The van der Waals surface area contributed by atoms with Gasteiger partial charge in [0.05, 0.1) is 0 Å². The van der Waals surface area contributed by atoms with Gasteiger partial charge in [-0.1, -0.05) is 20.8 Å². The Labute approximate surface area is 117 Å². The van der Waals surface area contributed by atoms with Crippen LogP contribution in [0.2, 0.25) is 0 Å². The minimum atomic E-state index is -0.341. The Hall–Kier alpha value is -1.10.